The first-order valence-electron chi connectivity index (χ1n) is 8.46. The number of guanidine groups is 1. The van der Waals surface area contributed by atoms with Crippen molar-refractivity contribution in [2.45, 2.75) is 31.9 Å². The van der Waals surface area contributed by atoms with Crippen molar-refractivity contribution in [2.75, 3.05) is 40.5 Å². The van der Waals surface area contributed by atoms with Crippen LogP contribution in [0.5, 0.6) is 0 Å². The van der Waals surface area contributed by atoms with Gasteiger partial charge in [-0.2, -0.15) is 0 Å². The highest BCUT2D eigenvalue weighted by Gasteiger charge is 2.32. The van der Waals surface area contributed by atoms with E-state index < -0.39 is 0 Å². The number of nitrogens with one attached hydrogen (secondary N) is 1. The smallest absolute Gasteiger partial charge is 0.194 e. The third-order valence-corrected chi connectivity index (χ3v) is 4.78. The van der Waals surface area contributed by atoms with E-state index in [9.17, 15) is 0 Å². The summed E-state index contributed by atoms with van der Waals surface area (Å²) < 4.78 is 11.2. The predicted molar refractivity (Wildman–Crippen MR) is 114 cm³/mol. The van der Waals surface area contributed by atoms with Gasteiger partial charge in [0.2, 0.25) is 0 Å². The molecule has 142 valence electrons. The molecular formula is C18H29ClIN3O2. The summed E-state index contributed by atoms with van der Waals surface area (Å²) in [5, 5.41) is 4.12. The molecule has 2 rings (SSSR count). The Morgan fingerprint density at radius 2 is 2.04 bits per heavy atom. The van der Waals surface area contributed by atoms with Crippen molar-refractivity contribution in [2.24, 2.45) is 4.99 Å². The van der Waals surface area contributed by atoms with Gasteiger partial charge in [-0.05, 0) is 18.6 Å². The Labute approximate surface area is 173 Å². The van der Waals surface area contributed by atoms with Crippen LogP contribution < -0.4 is 5.32 Å². The molecule has 1 aromatic carbocycles. The fraction of sp³-hybridized carbons (Fsp3) is 0.611. The Hall–Kier alpha value is -0.570. The second kappa shape index (κ2) is 11.2. The summed E-state index contributed by atoms with van der Waals surface area (Å²) in [6.07, 6.45) is 1.75. The van der Waals surface area contributed by atoms with E-state index in [0.29, 0.717) is 13.1 Å². The summed E-state index contributed by atoms with van der Waals surface area (Å²) >= 11 is 6.27. The van der Waals surface area contributed by atoms with E-state index in [4.69, 9.17) is 26.1 Å². The molecule has 0 bridgehead atoms. The Kier molecular flexibility index (Phi) is 10.1. The molecule has 1 aliphatic heterocycles. The van der Waals surface area contributed by atoms with Crippen molar-refractivity contribution in [1.82, 2.24) is 10.2 Å². The number of hydrogen-bond acceptors (Lipinski definition) is 3. The highest BCUT2D eigenvalue weighted by molar-refractivity contribution is 14.0. The quantitative estimate of drug-likeness (QED) is 0.383. The maximum atomic E-state index is 6.27. The van der Waals surface area contributed by atoms with Crippen molar-refractivity contribution in [3.8, 4) is 0 Å². The first kappa shape index (κ1) is 22.5. The Morgan fingerprint density at radius 3 is 2.64 bits per heavy atom. The van der Waals surface area contributed by atoms with E-state index in [0.717, 1.165) is 49.1 Å². The highest BCUT2D eigenvalue weighted by Crippen LogP contribution is 2.25. The summed E-state index contributed by atoms with van der Waals surface area (Å²) in [5.74, 6) is 0.861. The summed E-state index contributed by atoms with van der Waals surface area (Å²) in [4.78, 5) is 6.90. The third-order valence-electron chi connectivity index (χ3n) is 4.42. The van der Waals surface area contributed by atoms with Gasteiger partial charge in [-0.1, -0.05) is 29.8 Å². The van der Waals surface area contributed by atoms with Gasteiger partial charge in [0, 0.05) is 58.3 Å². The van der Waals surface area contributed by atoms with Crippen LogP contribution in [0.1, 0.15) is 25.3 Å². The average Bonchev–Trinajstić information content (AvgIpc) is 2.61. The number of ether oxygens (including phenoxy) is 2. The Bertz CT molecular complexity index is 551. The SMILES string of the molecule is CCNC(=NCC1(OC)CCOCC1)N(C)Cc1ccccc1Cl.I. The molecule has 0 amide bonds. The third kappa shape index (κ3) is 6.58. The zero-order valence-electron chi connectivity index (χ0n) is 15.3. The monoisotopic (exact) mass is 481 g/mol. The summed E-state index contributed by atoms with van der Waals surface area (Å²) in [6.45, 7) is 5.68. The minimum atomic E-state index is -0.218. The molecule has 1 aliphatic rings. The molecule has 0 unspecified atom stereocenters. The standard InChI is InChI=1S/C18H28ClN3O2.HI/c1-4-20-17(21-14-18(23-3)9-11-24-12-10-18)22(2)13-15-7-5-6-8-16(15)19;/h5-8H,4,9-14H2,1-3H3,(H,20,21);1H. The van der Waals surface area contributed by atoms with Crippen molar-refractivity contribution < 1.29 is 9.47 Å². The molecular weight excluding hydrogens is 453 g/mol. The molecule has 1 aromatic rings. The zero-order chi connectivity index (χ0) is 17.4. The van der Waals surface area contributed by atoms with Gasteiger partial charge in [0.1, 0.15) is 0 Å². The molecule has 0 radical (unpaired) electrons. The highest BCUT2D eigenvalue weighted by atomic mass is 127. The van der Waals surface area contributed by atoms with Crippen LogP contribution in [0, 0.1) is 0 Å². The topological polar surface area (TPSA) is 46.1 Å². The van der Waals surface area contributed by atoms with Crippen LogP contribution in [0.4, 0.5) is 0 Å². The van der Waals surface area contributed by atoms with Crippen LogP contribution in [0.15, 0.2) is 29.3 Å². The second-order valence-electron chi connectivity index (χ2n) is 6.12. The molecule has 1 N–H and O–H groups in total. The van der Waals surface area contributed by atoms with Gasteiger partial charge in [-0.25, -0.2) is 0 Å². The Morgan fingerprint density at radius 1 is 1.36 bits per heavy atom. The van der Waals surface area contributed by atoms with Crippen molar-refractivity contribution >= 4 is 41.5 Å². The van der Waals surface area contributed by atoms with Gasteiger partial charge in [0.25, 0.3) is 0 Å². The molecule has 0 aliphatic carbocycles. The normalized spacial score (nSPS) is 16.9. The molecule has 1 heterocycles. The maximum Gasteiger partial charge on any atom is 0.194 e. The van der Waals surface area contributed by atoms with Crippen molar-refractivity contribution in [1.29, 1.82) is 0 Å². The minimum absolute atomic E-state index is 0. The van der Waals surface area contributed by atoms with E-state index in [1.165, 1.54) is 0 Å². The first-order chi connectivity index (χ1) is 11.6. The lowest BCUT2D eigenvalue weighted by atomic mass is 9.94. The molecule has 7 heteroatoms. The number of hydrogen-bond donors (Lipinski definition) is 1. The van der Waals surface area contributed by atoms with Crippen molar-refractivity contribution in [3.63, 3.8) is 0 Å². The number of methoxy groups -OCH3 is 1. The van der Waals surface area contributed by atoms with E-state index in [2.05, 4.69) is 17.1 Å². The number of aliphatic imine (C=N–C) groups is 1. The Balaban J connectivity index is 0.00000312. The number of benzene rings is 1. The summed E-state index contributed by atoms with van der Waals surface area (Å²) in [6, 6.07) is 7.90. The van der Waals surface area contributed by atoms with Gasteiger partial charge in [0.15, 0.2) is 5.96 Å². The lowest BCUT2D eigenvalue weighted by molar-refractivity contribution is -0.0829. The molecule has 1 saturated heterocycles. The van der Waals surface area contributed by atoms with Crippen LogP contribution >= 0.6 is 35.6 Å². The van der Waals surface area contributed by atoms with Crippen molar-refractivity contribution in [3.05, 3.63) is 34.9 Å². The van der Waals surface area contributed by atoms with Crippen LogP contribution in [0.2, 0.25) is 5.02 Å². The average molecular weight is 482 g/mol. The van der Waals surface area contributed by atoms with Crippen LogP contribution in [-0.4, -0.2) is 56.9 Å². The van der Waals surface area contributed by atoms with Gasteiger partial charge in [0.05, 0.1) is 12.1 Å². The van der Waals surface area contributed by atoms with Gasteiger partial charge in [-0.15, -0.1) is 24.0 Å². The van der Waals surface area contributed by atoms with Crippen LogP contribution in [0.25, 0.3) is 0 Å². The maximum absolute atomic E-state index is 6.27. The largest absolute Gasteiger partial charge is 0.381 e. The van der Waals surface area contributed by atoms with E-state index in [1.54, 1.807) is 7.11 Å². The molecule has 0 atom stereocenters. The molecule has 1 fully saturated rings. The van der Waals surface area contributed by atoms with Gasteiger partial charge < -0.3 is 19.7 Å². The van der Waals surface area contributed by atoms with Crippen LogP contribution in [-0.2, 0) is 16.0 Å². The van der Waals surface area contributed by atoms with E-state index in [1.807, 2.05) is 31.3 Å². The van der Waals surface area contributed by atoms with E-state index >= 15 is 0 Å². The molecule has 0 spiro atoms. The summed E-state index contributed by atoms with van der Waals surface area (Å²) in [5.41, 5.74) is 0.865. The van der Waals surface area contributed by atoms with Gasteiger partial charge >= 0.3 is 0 Å². The zero-order valence-corrected chi connectivity index (χ0v) is 18.3. The molecule has 0 aromatic heterocycles. The van der Waals surface area contributed by atoms with E-state index in [-0.39, 0.29) is 29.6 Å². The van der Waals surface area contributed by atoms with Gasteiger partial charge in [-0.3, -0.25) is 4.99 Å². The second-order valence-corrected chi connectivity index (χ2v) is 6.52. The number of halogens is 2. The first-order valence-corrected chi connectivity index (χ1v) is 8.84. The number of nitrogens with zero attached hydrogens (tertiary/aromatic N) is 2. The molecule has 25 heavy (non-hydrogen) atoms. The fourth-order valence-electron chi connectivity index (χ4n) is 2.82. The molecule has 5 nitrogen and oxygen atoms in total. The minimum Gasteiger partial charge on any atom is -0.381 e. The molecule has 0 saturated carbocycles. The van der Waals surface area contributed by atoms with Crippen LogP contribution in [0.3, 0.4) is 0 Å². The fourth-order valence-corrected chi connectivity index (χ4v) is 3.01. The number of rotatable bonds is 6. The lowest BCUT2D eigenvalue weighted by Crippen LogP contribution is -2.44. The lowest BCUT2D eigenvalue weighted by Gasteiger charge is -2.35. The summed E-state index contributed by atoms with van der Waals surface area (Å²) in [7, 11) is 3.79. The predicted octanol–water partition coefficient (Wildman–Crippen LogP) is 3.55.